The van der Waals surface area contributed by atoms with Crippen molar-refractivity contribution in [1.82, 2.24) is 10.2 Å². The van der Waals surface area contributed by atoms with E-state index in [4.69, 9.17) is 9.47 Å². The first-order valence-electron chi connectivity index (χ1n) is 10.3. The van der Waals surface area contributed by atoms with Gasteiger partial charge in [-0.15, -0.1) is 0 Å². The number of urea groups is 1. The third-order valence-electron chi connectivity index (χ3n) is 5.90. The van der Waals surface area contributed by atoms with Crippen LogP contribution in [-0.4, -0.2) is 36.1 Å². The van der Waals surface area contributed by atoms with E-state index >= 15 is 0 Å². The van der Waals surface area contributed by atoms with E-state index in [9.17, 15) is 14.4 Å². The molecular formula is C23H25N3O5. The van der Waals surface area contributed by atoms with Gasteiger partial charge in [0.2, 0.25) is 12.7 Å². The second-order valence-corrected chi connectivity index (χ2v) is 7.99. The van der Waals surface area contributed by atoms with E-state index in [0.717, 1.165) is 11.3 Å². The fourth-order valence-corrected chi connectivity index (χ4v) is 3.72. The zero-order valence-corrected chi connectivity index (χ0v) is 17.7. The van der Waals surface area contributed by atoms with Gasteiger partial charge in [0.25, 0.3) is 5.91 Å². The van der Waals surface area contributed by atoms with Gasteiger partial charge in [0.15, 0.2) is 11.5 Å². The number of nitrogens with zero attached hydrogens (tertiary/aromatic N) is 1. The normalized spacial score (nSPS) is 20.5. The summed E-state index contributed by atoms with van der Waals surface area (Å²) >= 11 is 0. The first-order chi connectivity index (χ1) is 14.8. The summed E-state index contributed by atoms with van der Waals surface area (Å²) in [5, 5.41) is 5.44. The molecule has 1 fully saturated rings. The van der Waals surface area contributed by atoms with Gasteiger partial charge in [-0.2, -0.15) is 0 Å². The highest BCUT2D eigenvalue weighted by atomic mass is 16.7. The Labute approximate surface area is 180 Å². The van der Waals surface area contributed by atoms with Crippen LogP contribution in [-0.2, 0) is 15.1 Å². The third kappa shape index (κ3) is 3.81. The highest BCUT2D eigenvalue weighted by Gasteiger charge is 2.49. The molecule has 0 aromatic heterocycles. The SMILES string of the molecule is CC[C@H](C)c1ccc(NC(=O)CN2C(=O)N[C@](C)(c3ccc4c(c3)OCO4)C2=O)cc1. The van der Waals surface area contributed by atoms with Crippen LogP contribution in [0.1, 0.15) is 44.2 Å². The number of benzene rings is 2. The lowest BCUT2D eigenvalue weighted by Crippen LogP contribution is -2.42. The Balaban J connectivity index is 1.45. The first kappa shape index (κ1) is 20.7. The zero-order chi connectivity index (χ0) is 22.2. The topological polar surface area (TPSA) is 97.0 Å². The molecule has 31 heavy (non-hydrogen) atoms. The van der Waals surface area contributed by atoms with Crippen molar-refractivity contribution in [2.45, 2.75) is 38.6 Å². The van der Waals surface area contributed by atoms with Crippen LogP contribution in [0.5, 0.6) is 11.5 Å². The smallest absolute Gasteiger partial charge is 0.325 e. The van der Waals surface area contributed by atoms with Crippen molar-refractivity contribution in [2.75, 3.05) is 18.7 Å². The van der Waals surface area contributed by atoms with Gasteiger partial charge in [-0.1, -0.05) is 32.0 Å². The van der Waals surface area contributed by atoms with Gasteiger partial charge in [0, 0.05) is 5.69 Å². The number of fused-ring (bicyclic) bond motifs is 1. The molecule has 2 aromatic rings. The lowest BCUT2D eigenvalue weighted by atomic mass is 9.91. The number of hydrogen-bond donors (Lipinski definition) is 2. The van der Waals surface area contributed by atoms with E-state index < -0.39 is 23.4 Å². The Bertz CT molecular complexity index is 1040. The molecule has 0 aliphatic carbocycles. The van der Waals surface area contributed by atoms with Crippen LogP contribution in [0.15, 0.2) is 42.5 Å². The van der Waals surface area contributed by atoms with Gasteiger partial charge in [-0.3, -0.25) is 14.5 Å². The Morgan fingerprint density at radius 3 is 2.58 bits per heavy atom. The minimum Gasteiger partial charge on any atom is -0.454 e. The molecule has 8 heteroatoms. The van der Waals surface area contributed by atoms with Crippen LogP contribution in [0, 0.1) is 0 Å². The number of nitrogens with one attached hydrogen (secondary N) is 2. The summed E-state index contributed by atoms with van der Waals surface area (Å²) in [6.45, 7) is 5.60. The van der Waals surface area contributed by atoms with E-state index in [1.807, 2.05) is 24.3 Å². The third-order valence-corrected chi connectivity index (χ3v) is 5.90. The number of ether oxygens (including phenoxy) is 2. The monoisotopic (exact) mass is 423 g/mol. The Morgan fingerprint density at radius 1 is 1.16 bits per heavy atom. The van der Waals surface area contributed by atoms with Gasteiger partial charge < -0.3 is 20.1 Å². The minimum atomic E-state index is -1.30. The Kier molecular flexibility index (Phi) is 5.31. The standard InChI is InChI=1S/C23H25N3O5/c1-4-14(2)15-5-8-17(9-6-15)24-20(27)12-26-21(28)23(3,25-22(26)29)16-7-10-18-19(11-16)31-13-30-18/h5-11,14H,4,12-13H2,1-3H3,(H,24,27)(H,25,29)/t14-,23+/m0/s1. The van der Waals surface area contributed by atoms with Crippen LogP contribution in [0.3, 0.4) is 0 Å². The number of carbonyl (C=O) groups is 3. The molecule has 0 saturated carbocycles. The van der Waals surface area contributed by atoms with Crippen molar-refractivity contribution < 1.29 is 23.9 Å². The number of carbonyl (C=O) groups excluding carboxylic acids is 3. The molecular weight excluding hydrogens is 398 g/mol. The molecule has 4 rings (SSSR count). The second kappa shape index (κ2) is 7.94. The lowest BCUT2D eigenvalue weighted by molar-refractivity contribution is -0.133. The number of imide groups is 1. The maximum absolute atomic E-state index is 13.1. The van der Waals surface area contributed by atoms with E-state index in [0.29, 0.717) is 28.7 Å². The Morgan fingerprint density at radius 2 is 1.87 bits per heavy atom. The number of amides is 4. The molecule has 0 radical (unpaired) electrons. The molecule has 2 N–H and O–H groups in total. The summed E-state index contributed by atoms with van der Waals surface area (Å²) in [6.07, 6.45) is 1.03. The summed E-state index contributed by atoms with van der Waals surface area (Å²) in [6, 6.07) is 12.0. The molecule has 162 valence electrons. The minimum absolute atomic E-state index is 0.112. The number of hydrogen-bond acceptors (Lipinski definition) is 5. The van der Waals surface area contributed by atoms with Gasteiger partial charge in [0.05, 0.1) is 0 Å². The van der Waals surface area contributed by atoms with Crippen LogP contribution in [0.25, 0.3) is 0 Å². The summed E-state index contributed by atoms with van der Waals surface area (Å²) < 4.78 is 10.7. The first-order valence-corrected chi connectivity index (χ1v) is 10.3. The maximum atomic E-state index is 13.1. The van der Waals surface area contributed by atoms with E-state index in [1.165, 1.54) is 5.56 Å². The van der Waals surface area contributed by atoms with Crippen molar-refractivity contribution in [2.24, 2.45) is 0 Å². The van der Waals surface area contributed by atoms with Crippen molar-refractivity contribution in [3.8, 4) is 11.5 Å². The highest BCUT2D eigenvalue weighted by Crippen LogP contribution is 2.37. The molecule has 0 bridgehead atoms. The molecule has 8 nitrogen and oxygen atoms in total. The van der Waals surface area contributed by atoms with Crippen LogP contribution in [0.2, 0.25) is 0 Å². The summed E-state index contributed by atoms with van der Waals surface area (Å²) in [7, 11) is 0. The van der Waals surface area contributed by atoms with E-state index in [2.05, 4.69) is 24.5 Å². The zero-order valence-electron chi connectivity index (χ0n) is 17.7. The summed E-state index contributed by atoms with van der Waals surface area (Å²) in [5.74, 6) is 0.579. The van der Waals surface area contributed by atoms with Crippen molar-refractivity contribution in [1.29, 1.82) is 0 Å². The fourth-order valence-electron chi connectivity index (χ4n) is 3.72. The summed E-state index contributed by atoms with van der Waals surface area (Å²) in [5.41, 5.74) is 1.06. The van der Waals surface area contributed by atoms with Gasteiger partial charge in [-0.05, 0) is 54.7 Å². The van der Waals surface area contributed by atoms with Crippen LogP contribution >= 0.6 is 0 Å². The van der Waals surface area contributed by atoms with E-state index in [1.54, 1.807) is 25.1 Å². The predicted molar refractivity (Wildman–Crippen MR) is 114 cm³/mol. The molecule has 2 aliphatic heterocycles. The lowest BCUT2D eigenvalue weighted by Gasteiger charge is -2.22. The second-order valence-electron chi connectivity index (χ2n) is 7.99. The quantitative estimate of drug-likeness (QED) is 0.695. The molecule has 2 heterocycles. The highest BCUT2D eigenvalue weighted by molar-refractivity contribution is 6.10. The van der Waals surface area contributed by atoms with Crippen molar-refractivity contribution in [3.63, 3.8) is 0 Å². The van der Waals surface area contributed by atoms with Gasteiger partial charge in [-0.25, -0.2) is 4.79 Å². The number of anilines is 1. The fraction of sp³-hybridized carbons (Fsp3) is 0.348. The summed E-state index contributed by atoms with van der Waals surface area (Å²) in [4.78, 5) is 39.0. The average Bonchev–Trinajstić information content (AvgIpc) is 3.32. The van der Waals surface area contributed by atoms with E-state index in [-0.39, 0.29) is 13.3 Å². The van der Waals surface area contributed by atoms with Crippen LogP contribution < -0.4 is 20.1 Å². The predicted octanol–water partition coefficient (Wildman–Crippen LogP) is 3.33. The van der Waals surface area contributed by atoms with Gasteiger partial charge in [0.1, 0.15) is 12.1 Å². The van der Waals surface area contributed by atoms with Crippen LogP contribution in [0.4, 0.5) is 10.5 Å². The van der Waals surface area contributed by atoms with Crippen molar-refractivity contribution >= 4 is 23.5 Å². The molecule has 2 aromatic carbocycles. The van der Waals surface area contributed by atoms with Crippen molar-refractivity contribution in [3.05, 3.63) is 53.6 Å². The average molecular weight is 423 g/mol. The molecule has 2 atom stereocenters. The Hall–Kier alpha value is -3.55. The molecule has 4 amide bonds. The molecule has 2 aliphatic rings. The molecule has 1 saturated heterocycles. The largest absolute Gasteiger partial charge is 0.454 e. The molecule has 0 spiro atoms. The molecule has 0 unspecified atom stereocenters. The van der Waals surface area contributed by atoms with Gasteiger partial charge >= 0.3 is 6.03 Å². The maximum Gasteiger partial charge on any atom is 0.325 e. The number of rotatable bonds is 6.